The molecule has 1 amide bonds. The Hall–Kier alpha value is -4.61. The lowest BCUT2D eigenvalue weighted by Gasteiger charge is -2.45. The third-order valence-corrected chi connectivity index (χ3v) is 6.36. The van der Waals surface area contributed by atoms with Crippen molar-refractivity contribution >= 4 is 6.09 Å². The Kier molecular flexibility index (Phi) is 6.04. The number of carbonyl (C=O) groups is 1. The van der Waals surface area contributed by atoms with Gasteiger partial charge < -0.3 is 15.4 Å². The van der Waals surface area contributed by atoms with Gasteiger partial charge in [0, 0.05) is 24.9 Å². The Morgan fingerprint density at radius 3 is 2.41 bits per heavy atom. The zero-order valence-corrected chi connectivity index (χ0v) is 18.1. The van der Waals surface area contributed by atoms with Gasteiger partial charge in [0.05, 0.1) is 23.4 Å². The van der Waals surface area contributed by atoms with Gasteiger partial charge in [-0.3, -0.25) is 0 Å². The van der Waals surface area contributed by atoms with E-state index in [0.29, 0.717) is 11.1 Å². The molecular formula is C26H20FN5O2. The second-order valence-corrected chi connectivity index (χ2v) is 8.17. The van der Waals surface area contributed by atoms with Crippen molar-refractivity contribution in [2.75, 3.05) is 13.1 Å². The van der Waals surface area contributed by atoms with Crippen molar-refractivity contribution in [3.8, 4) is 18.2 Å². The highest BCUT2D eigenvalue weighted by molar-refractivity contribution is 5.69. The zero-order valence-electron chi connectivity index (χ0n) is 18.1. The van der Waals surface area contributed by atoms with E-state index in [9.17, 15) is 25.0 Å². The molecule has 168 valence electrons. The SMILES string of the molecule is N#CC1=C(N)C(C#N)(C#N)[C@@H](c2ccc(F)cc2)[C@@H]2CN(C(=O)OCc3ccccc3)CC=C12. The van der Waals surface area contributed by atoms with Crippen LogP contribution >= 0.6 is 0 Å². The third-order valence-electron chi connectivity index (χ3n) is 6.36. The summed E-state index contributed by atoms with van der Waals surface area (Å²) in [5, 5.41) is 30.0. The van der Waals surface area contributed by atoms with Crippen molar-refractivity contribution in [1.29, 1.82) is 15.8 Å². The van der Waals surface area contributed by atoms with Crippen LogP contribution in [0.2, 0.25) is 0 Å². The lowest BCUT2D eigenvalue weighted by atomic mass is 9.58. The van der Waals surface area contributed by atoms with Crippen LogP contribution in [0.5, 0.6) is 0 Å². The Morgan fingerprint density at radius 2 is 1.79 bits per heavy atom. The van der Waals surface area contributed by atoms with E-state index in [0.717, 1.165) is 5.56 Å². The minimum atomic E-state index is -1.86. The second kappa shape index (κ2) is 9.10. The molecule has 2 aromatic carbocycles. The third kappa shape index (κ3) is 3.74. The molecular weight excluding hydrogens is 433 g/mol. The molecule has 0 aromatic heterocycles. The number of ether oxygens (including phenoxy) is 1. The van der Waals surface area contributed by atoms with Gasteiger partial charge in [0.15, 0.2) is 5.41 Å². The highest BCUT2D eigenvalue weighted by atomic mass is 19.1. The first-order valence-corrected chi connectivity index (χ1v) is 10.6. The number of allylic oxidation sites excluding steroid dienone is 2. The highest BCUT2D eigenvalue weighted by Crippen LogP contribution is 2.54. The van der Waals surface area contributed by atoms with Crippen molar-refractivity contribution in [2.24, 2.45) is 17.1 Å². The number of hydrogen-bond donors (Lipinski definition) is 1. The van der Waals surface area contributed by atoms with Crippen molar-refractivity contribution in [3.05, 3.63) is 94.5 Å². The fraction of sp³-hybridized carbons (Fsp3) is 0.231. The number of benzene rings is 2. The number of nitriles is 3. The number of halogens is 1. The molecule has 0 unspecified atom stereocenters. The lowest BCUT2D eigenvalue weighted by Crippen LogP contribution is -2.49. The number of rotatable bonds is 3. The molecule has 7 nitrogen and oxygen atoms in total. The second-order valence-electron chi connectivity index (χ2n) is 8.17. The largest absolute Gasteiger partial charge is 0.445 e. The van der Waals surface area contributed by atoms with Gasteiger partial charge in [-0.1, -0.05) is 48.5 Å². The van der Waals surface area contributed by atoms with Gasteiger partial charge in [-0.25, -0.2) is 9.18 Å². The summed E-state index contributed by atoms with van der Waals surface area (Å²) >= 11 is 0. The number of carbonyl (C=O) groups excluding carboxylic acids is 1. The molecule has 2 aliphatic rings. The number of nitrogens with two attached hydrogens (primary N) is 1. The van der Waals surface area contributed by atoms with Crippen molar-refractivity contribution in [2.45, 2.75) is 12.5 Å². The minimum absolute atomic E-state index is 0.0729. The normalized spacial score (nSPS) is 20.8. The minimum Gasteiger partial charge on any atom is -0.445 e. The van der Waals surface area contributed by atoms with Crippen LogP contribution in [-0.4, -0.2) is 24.1 Å². The van der Waals surface area contributed by atoms with E-state index in [-0.39, 0.29) is 31.0 Å². The molecule has 2 N–H and O–H groups in total. The first-order valence-electron chi connectivity index (χ1n) is 10.6. The first-order chi connectivity index (χ1) is 16.4. The molecule has 4 rings (SSSR count). The topological polar surface area (TPSA) is 127 Å². The monoisotopic (exact) mass is 453 g/mol. The summed E-state index contributed by atoms with van der Waals surface area (Å²) in [6.07, 6.45) is 1.15. The molecule has 8 heteroatoms. The molecule has 0 spiro atoms. The predicted octanol–water partition coefficient (Wildman–Crippen LogP) is 3.89. The van der Waals surface area contributed by atoms with Gasteiger partial charge in [0.25, 0.3) is 0 Å². The average molecular weight is 453 g/mol. The van der Waals surface area contributed by atoms with Gasteiger partial charge in [0.1, 0.15) is 18.5 Å². The average Bonchev–Trinajstić information content (AvgIpc) is 2.88. The van der Waals surface area contributed by atoms with E-state index in [1.54, 1.807) is 6.08 Å². The summed E-state index contributed by atoms with van der Waals surface area (Å²) in [7, 11) is 0. The van der Waals surface area contributed by atoms with Crippen molar-refractivity contribution in [1.82, 2.24) is 4.90 Å². The summed E-state index contributed by atoms with van der Waals surface area (Å²) in [6, 6.07) is 20.8. The van der Waals surface area contributed by atoms with Crippen LogP contribution in [0.25, 0.3) is 0 Å². The van der Waals surface area contributed by atoms with Gasteiger partial charge in [0.2, 0.25) is 0 Å². The van der Waals surface area contributed by atoms with Crippen LogP contribution in [0, 0.1) is 51.1 Å². The molecule has 34 heavy (non-hydrogen) atoms. The van der Waals surface area contributed by atoms with Crippen LogP contribution in [0.1, 0.15) is 17.0 Å². The van der Waals surface area contributed by atoms with Crippen LogP contribution < -0.4 is 5.73 Å². The fourth-order valence-corrected chi connectivity index (χ4v) is 4.69. The lowest BCUT2D eigenvalue weighted by molar-refractivity contribution is 0.0898. The molecule has 2 aromatic rings. The zero-order chi connectivity index (χ0) is 24.3. The maximum Gasteiger partial charge on any atom is 0.410 e. The van der Waals surface area contributed by atoms with Crippen molar-refractivity contribution < 1.29 is 13.9 Å². The van der Waals surface area contributed by atoms with Crippen LogP contribution in [-0.2, 0) is 11.3 Å². The Labute approximate surface area is 196 Å². The van der Waals surface area contributed by atoms with Gasteiger partial charge in [-0.2, -0.15) is 15.8 Å². The van der Waals surface area contributed by atoms with E-state index in [1.165, 1.54) is 29.2 Å². The molecule has 0 radical (unpaired) electrons. The van der Waals surface area contributed by atoms with Crippen molar-refractivity contribution in [3.63, 3.8) is 0 Å². The summed E-state index contributed by atoms with van der Waals surface area (Å²) in [5.41, 5.74) is 6.26. The Bertz CT molecular complexity index is 1280. The summed E-state index contributed by atoms with van der Waals surface area (Å²) < 4.78 is 19.1. The Balaban J connectivity index is 1.73. The van der Waals surface area contributed by atoms with Crippen LogP contribution in [0.15, 0.2) is 77.5 Å². The quantitative estimate of drug-likeness (QED) is 0.751. The van der Waals surface area contributed by atoms with E-state index < -0.39 is 29.2 Å². The number of amides is 1. The van der Waals surface area contributed by atoms with E-state index in [2.05, 4.69) is 0 Å². The first kappa shape index (κ1) is 22.6. The molecule has 1 aliphatic carbocycles. The van der Waals surface area contributed by atoms with E-state index >= 15 is 0 Å². The van der Waals surface area contributed by atoms with Gasteiger partial charge >= 0.3 is 6.09 Å². The summed E-state index contributed by atoms with van der Waals surface area (Å²) in [5.74, 6) is -1.88. The number of hydrogen-bond acceptors (Lipinski definition) is 6. The maximum atomic E-state index is 13.6. The molecule has 1 heterocycles. The van der Waals surface area contributed by atoms with Gasteiger partial charge in [-0.05, 0) is 28.8 Å². The molecule has 0 fully saturated rings. The predicted molar refractivity (Wildman–Crippen MR) is 119 cm³/mol. The molecule has 2 atom stereocenters. The van der Waals surface area contributed by atoms with Crippen LogP contribution in [0.3, 0.4) is 0 Å². The molecule has 0 bridgehead atoms. The van der Waals surface area contributed by atoms with E-state index in [1.807, 2.05) is 48.5 Å². The fourth-order valence-electron chi connectivity index (χ4n) is 4.69. The van der Waals surface area contributed by atoms with Crippen LogP contribution in [0.4, 0.5) is 9.18 Å². The molecule has 1 aliphatic heterocycles. The number of fused-ring (bicyclic) bond motifs is 1. The van der Waals surface area contributed by atoms with E-state index in [4.69, 9.17) is 10.5 Å². The maximum absolute atomic E-state index is 13.6. The highest BCUT2D eigenvalue weighted by Gasteiger charge is 2.54. The molecule has 0 saturated heterocycles. The Morgan fingerprint density at radius 1 is 1.12 bits per heavy atom. The summed E-state index contributed by atoms with van der Waals surface area (Å²) in [6.45, 7) is 0.376. The molecule has 0 saturated carbocycles. The van der Waals surface area contributed by atoms with Gasteiger partial charge in [-0.15, -0.1) is 0 Å². The smallest absolute Gasteiger partial charge is 0.410 e. The number of nitrogens with zero attached hydrogens (tertiary/aromatic N) is 4. The summed E-state index contributed by atoms with van der Waals surface area (Å²) in [4.78, 5) is 14.3. The standard InChI is InChI=1S/C26H20FN5O2/c27-19-8-6-18(7-9-19)23-22-13-32(25(33)34-14-17-4-2-1-3-5-17)11-10-20(22)21(12-28)24(31)26(23,15-29)16-30/h1-10,22-23H,11,13-14,31H2/t22-,23+/m1/s1.